The van der Waals surface area contributed by atoms with E-state index in [9.17, 15) is 9.59 Å². The number of carbonyl (C=O) groups is 1. The predicted molar refractivity (Wildman–Crippen MR) is 78.1 cm³/mol. The molecule has 0 bridgehead atoms. The molecule has 0 aliphatic rings. The van der Waals surface area contributed by atoms with E-state index in [1.54, 1.807) is 0 Å². The van der Waals surface area contributed by atoms with Crippen molar-refractivity contribution in [1.82, 2.24) is 9.97 Å². The first-order chi connectivity index (χ1) is 9.49. The normalized spacial score (nSPS) is 10.6. The lowest BCUT2D eigenvalue weighted by Gasteiger charge is -2.16. The van der Waals surface area contributed by atoms with Gasteiger partial charge in [0.25, 0.3) is 11.5 Å². The highest BCUT2D eigenvalue weighted by Gasteiger charge is 2.14. The van der Waals surface area contributed by atoms with Gasteiger partial charge in [0.1, 0.15) is 5.69 Å². The smallest absolute Gasteiger partial charge is 0.275 e. The van der Waals surface area contributed by atoms with Crippen LogP contribution in [0.4, 0.5) is 5.69 Å². The molecular formula is C15H17N3O2. The molecule has 2 aromatic rings. The Bertz CT molecular complexity index is 669. The Morgan fingerprint density at radius 3 is 2.70 bits per heavy atom. The highest BCUT2D eigenvalue weighted by molar-refractivity contribution is 6.03. The molecule has 1 amide bonds. The van der Waals surface area contributed by atoms with Crippen molar-refractivity contribution in [2.75, 3.05) is 5.32 Å². The molecule has 2 rings (SSSR count). The van der Waals surface area contributed by atoms with Gasteiger partial charge in [0.2, 0.25) is 0 Å². The van der Waals surface area contributed by atoms with Crippen molar-refractivity contribution in [3.05, 3.63) is 57.8 Å². The van der Waals surface area contributed by atoms with Crippen molar-refractivity contribution in [3.8, 4) is 0 Å². The number of hydrogen-bond donors (Lipinski definition) is 2. The van der Waals surface area contributed by atoms with E-state index in [1.807, 2.05) is 25.1 Å². The van der Waals surface area contributed by atoms with E-state index in [0.717, 1.165) is 23.0 Å². The predicted octanol–water partition coefficient (Wildman–Crippen LogP) is 2.45. The molecule has 0 atom stereocenters. The van der Waals surface area contributed by atoms with E-state index >= 15 is 0 Å². The van der Waals surface area contributed by atoms with E-state index in [2.05, 4.69) is 29.1 Å². The minimum atomic E-state index is -0.336. The summed E-state index contributed by atoms with van der Waals surface area (Å²) in [6, 6.07) is 5.91. The largest absolute Gasteiger partial charge is 0.325 e. The molecule has 1 aromatic heterocycles. The second-order valence-electron chi connectivity index (χ2n) is 4.94. The van der Waals surface area contributed by atoms with Crippen molar-refractivity contribution < 1.29 is 4.79 Å². The van der Waals surface area contributed by atoms with Crippen LogP contribution in [0.3, 0.4) is 0 Å². The number of aryl methyl sites for hydroxylation is 1. The Morgan fingerprint density at radius 1 is 1.35 bits per heavy atom. The van der Waals surface area contributed by atoms with Gasteiger partial charge >= 0.3 is 0 Å². The van der Waals surface area contributed by atoms with Gasteiger partial charge in [0.15, 0.2) is 0 Å². The molecule has 0 aliphatic heterocycles. The van der Waals surface area contributed by atoms with Gasteiger partial charge in [-0.15, -0.1) is 0 Å². The van der Waals surface area contributed by atoms with Crippen LogP contribution < -0.4 is 10.9 Å². The number of H-pyrrole nitrogens is 1. The number of carbonyl (C=O) groups excluding carboxylic acids is 1. The van der Waals surface area contributed by atoms with Crippen LogP contribution in [-0.4, -0.2) is 15.9 Å². The molecule has 1 aromatic carbocycles. The lowest BCUT2D eigenvalue weighted by molar-refractivity contribution is 0.102. The quantitative estimate of drug-likeness (QED) is 0.900. The average Bonchev–Trinajstić information content (AvgIpc) is 2.41. The summed E-state index contributed by atoms with van der Waals surface area (Å²) in [4.78, 5) is 29.4. The summed E-state index contributed by atoms with van der Waals surface area (Å²) < 4.78 is 0. The van der Waals surface area contributed by atoms with Crippen molar-refractivity contribution in [2.24, 2.45) is 0 Å². The fraction of sp³-hybridized carbons (Fsp3) is 0.267. The number of benzene rings is 1. The third kappa shape index (κ3) is 2.93. The molecule has 5 heteroatoms. The molecule has 5 nitrogen and oxygen atoms in total. The lowest BCUT2D eigenvalue weighted by Crippen LogP contribution is -2.18. The van der Waals surface area contributed by atoms with Gasteiger partial charge in [0.05, 0.1) is 6.20 Å². The summed E-state index contributed by atoms with van der Waals surface area (Å²) in [5.41, 5.74) is 2.72. The maximum absolute atomic E-state index is 12.2. The lowest BCUT2D eigenvalue weighted by atomic mass is 9.98. The third-order valence-electron chi connectivity index (χ3n) is 3.07. The molecule has 0 radical (unpaired) electrons. The first kappa shape index (κ1) is 14.0. The van der Waals surface area contributed by atoms with Gasteiger partial charge in [0, 0.05) is 11.9 Å². The summed E-state index contributed by atoms with van der Waals surface area (Å²) in [6.07, 6.45) is 2.40. The zero-order chi connectivity index (χ0) is 14.7. The van der Waals surface area contributed by atoms with Crippen LogP contribution in [-0.2, 0) is 0 Å². The summed E-state index contributed by atoms with van der Waals surface area (Å²) in [5, 5.41) is 2.87. The van der Waals surface area contributed by atoms with Crippen LogP contribution in [0.15, 0.2) is 35.4 Å². The van der Waals surface area contributed by atoms with Gasteiger partial charge in [-0.1, -0.05) is 32.0 Å². The van der Waals surface area contributed by atoms with E-state index in [-0.39, 0.29) is 17.2 Å². The number of aromatic nitrogens is 2. The van der Waals surface area contributed by atoms with Crippen LogP contribution in [0.2, 0.25) is 0 Å². The average molecular weight is 271 g/mol. The Labute approximate surface area is 117 Å². The van der Waals surface area contributed by atoms with Crippen LogP contribution >= 0.6 is 0 Å². The summed E-state index contributed by atoms with van der Waals surface area (Å²) >= 11 is 0. The van der Waals surface area contributed by atoms with E-state index < -0.39 is 0 Å². The van der Waals surface area contributed by atoms with Gasteiger partial charge in [-0.3, -0.25) is 9.59 Å². The molecule has 2 N–H and O–H groups in total. The number of aromatic amines is 1. The Balaban J connectivity index is 2.32. The number of amides is 1. The maximum atomic E-state index is 12.2. The Hall–Kier alpha value is -2.43. The maximum Gasteiger partial charge on any atom is 0.275 e. The van der Waals surface area contributed by atoms with Gasteiger partial charge < -0.3 is 10.3 Å². The van der Waals surface area contributed by atoms with Crippen molar-refractivity contribution in [2.45, 2.75) is 26.7 Å². The Kier molecular flexibility index (Phi) is 3.98. The molecule has 0 unspecified atom stereocenters. The number of para-hydroxylation sites is 1. The van der Waals surface area contributed by atoms with Crippen LogP contribution in [0.25, 0.3) is 0 Å². The SMILES string of the molecule is Cc1cccc(C(C)C)c1NC(=O)c1c[nH]c(=O)cn1. The zero-order valence-electron chi connectivity index (χ0n) is 11.7. The van der Waals surface area contributed by atoms with E-state index in [0.29, 0.717) is 5.92 Å². The summed E-state index contributed by atoms with van der Waals surface area (Å²) in [6.45, 7) is 6.09. The molecule has 20 heavy (non-hydrogen) atoms. The molecule has 0 fully saturated rings. The second-order valence-corrected chi connectivity index (χ2v) is 4.94. The van der Waals surface area contributed by atoms with Crippen molar-refractivity contribution in [3.63, 3.8) is 0 Å². The first-order valence-electron chi connectivity index (χ1n) is 6.44. The number of rotatable bonds is 3. The van der Waals surface area contributed by atoms with Crippen LogP contribution in [0.1, 0.15) is 41.4 Å². The molecule has 104 valence electrons. The Morgan fingerprint density at radius 2 is 2.10 bits per heavy atom. The topological polar surface area (TPSA) is 74.8 Å². The fourth-order valence-electron chi connectivity index (χ4n) is 1.99. The standard InChI is InChI=1S/C15H17N3O2/c1-9(2)11-6-4-5-10(3)14(11)18-15(20)12-7-17-13(19)8-16-12/h4-9H,1-3H3,(H,17,19)(H,18,20). The minimum Gasteiger partial charge on any atom is -0.325 e. The molecule has 0 aliphatic carbocycles. The van der Waals surface area contributed by atoms with Crippen LogP contribution in [0.5, 0.6) is 0 Å². The third-order valence-corrected chi connectivity index (χ3v) is 3.07. The molecule has 0 saturated heterocycles. The van der Waals surface area contributed by atoms with Gasteiger partial charge in [-0.25, -0.2) is 4.98 Å². The number of nitrogens with one attached hydrogen (secondary N) is 2. The molecular weight excluding hydrogens is 254 g/mol. The minimum absolute atomic E-state index is 0.183. The molecule has 1 heterocycles. The second kappa shape index (κ2) is 5.69. The first-order valence-corrected chi connectivity index (χ1v) is 6.44. The van der Waals surface area contributed by atoms with Crippen molar-refractivity contribution >= 4 is 11.6 Å². The molecule has 0 saturated carbocycles. The summed E-state index contributed by atoms with van der Waals surface area (Å²) in [7, 11) is 0. The number of anilines is 1. The van der Waals surface area contributed by atoms with Gasteiger partial charge in [-0.2, -0.15) is 0 Å². The highest BCUT2D eigenvalue weighted by Crippen LogP contribution is 2.27. The molecule has 0 spiro atoms. The zero-order valence-corrected chi connectivity index (χ0v) is 11.7. The number of hydrogen-bond acceptors (Lipinski definition) is 3. The van der Waals surface area contributed by atoms with Crippen LogP contribution in [0, 0.1) is 6.92 Å². The van der Waals surface area contributed by atoms with Crippen molar-refractivity contribution in [1.29, 1.82) is 0 Å². The number of nitrogens with zero attached hydrogens (tertiary/aromatic N) is 1. The highest BCUT2D eigenvalue weighted by atomic mass is 16.2. The van der Waals surface area contributed by atoms with E-state index in [4.69, 9.17) is 0 Å². The van der Waals surface area contributed by atoms with Gasteiger partial charge in [-0.05, 0) is 24.0 Å². The monoisotopic (exact) mass is 271 g/mol. The summed E-state index contributed by atoms with van der Waals surface area (Å²) in [5.74, 6) is -0.0359. The fourth-order valence-corrected chi connectivity index (χ4v) is 1.99. The van der Waals surface area contributed by atoms with E-state index in [1.165, 1.54) is 6.20 Å².